The molecule has 0 atom stereocenters. The van der Waals surface area contributed by atoms with E-state index in [0.29, 0.717) is 13.0 Å². The van der Waals surface area contributed by atoms with Crippen LogP contribution in [0.5, 0.6) is 5.75 Å². The Bertz CT molecular complexity index is 362. The fraction of sp³-hybridized carbons (Fsp3) is 0.417. The molecule has 1 amide bonds. The molecule has 0 N–H and O–H groups in total. The van der Waals surface area contributed by atoms with Gasteiger partial charge in [0.15, 0.2) is 0 Å². The number of likely N-dealkylation sites (tertiary alicyclic amines) is 1. The minimum Gasteiger partial charge on any atom is -0.497 e. The zero-order valence-electron chi connectivity index (χ0n) is 8.90. The van der Waals surface area contributed by atoms with Crippen LogP contribution in [0.25, 0.3) is 0 Å². The van der Waals surface area contributed by atoms with Crippen LogP contribution < -0.4 is 4.74 Å². The van der Waals surface area contributed by atoms with Crippen LogP contribution in [0, 0.1) is 0 Å². The topological polar surface area (TPSA) is 29.5 Å². The van der Waals surface area contributed by atoms with Gasteiger partial charge in [-0.1, -0.05) is 12.1 Å². The van der Waals surface area contributed by atoms with Crippen molar-refractivity contribution in [3.63, 3.8) is 0 Å². The first kappa shape index (κ1) is 10.0. The largest absolute Gasteiger partial charge is 0.497 e. The van der Waals surface area contributed by atoms with Gasteiger partial charge in [0, 0.05) is 19.5 Å². The van der Waals surface area contributed by atoms with Gasteiger partial charge in [-0.25, -0.2) is 0 Å². The highest BCUT2D eigenvalue weighted by Gasteiger charge is 2.19. The maximum Gasteiger partial charge on any atom is 0.222 e. The van der Waals surface area contributed by atoms with Crippen LogP contribution in [0.3, 0.4) is 0 Å². The normalized spacial score (nSPS) is 15.8. The molecular formula is C12H15NO2. The zero-order valence-corrected chi connectivity index (χ0v) is 8.90. The number of methoxy groups -OCH3 is 1. The molecule has 1 aromatic carbocycles. The van der Waals surface area contributed by atoms with Crippen molar-refractivity contribution >= 4 is 5.91 Å². The van der Waals surface area contributed by atoms with Crippen molar-refractivity contribution in [3.05, 3.63) is 29.8 Å². The van der Waals surface area contributed by atoms with Gasteiger partial charge in [-0.05, 0) is 24.1 Å². The number of hydrogen-bond acceptors (Lipinski definition) is 2. The molecule has 1 fully saturated rings. The summed E-state index contributed by atoms with van der Waals surface area (Å²) in [6.45, 7) is 1.59. The lowest BCUT2D eigenvalue weighted by Gasteiger charge is -2.15. The second kappa shape index (κ2) is 4.34. The van der Waals surface area contributed by atoms with Crippen LogP contribution in [0.4, 0.5) is 0 Å². The van der Waals surface area contributed by atoms with Gasteiger partial charge in [0.25, 0.3) is 0 Å². The summed E-state index contributed by atoms with van der Waals surface area (Å²) in [7, 11) is 1.65. The minimum absolute atomic E-state index is 0.262. The molecular weight excluding hydrogens is 190 g/mol. The summed E-state index contributed by atoms with van der Waals surface area (Å²) >= 11 is 0. The van der Waals surface area contributed by atoms with E-state index in [9.17, 15) is 4.79 Å². The maximum absolute atomic E-state index is 11.4. The van der Waals surface area contributed by atoms with Crippen molar-refractivity contribution in [2.75, 3.05) is 13.7 Å². The minimum atomic E-state index is 0.262. The Morgan fingerprint density at radius 2 is 2.33 bits per heavy atom. The Morgan fingerprint density at radius 3 is 3.00 bits per heavy atom. The third-order valence-corrected chi connectivity index (χ3v) is 2.68. The average molecular weight is 205 g/mol. The lowest BCUT2D eigenvalue weighted by Crippen LogP contribution is -2.23. The number of hydrogen-bond donors (Lipinski definition) is 0. The second-order valence-electron chi connectivity index (χ2n) is 3.77. The van der Waals surface area contributed by atoms with E-state index >= 15 is 0 Å². The number of carbonyl (C=O) groups is 1. The lowest BCUT2D eigenvalue weighted by atomic mass is 10.2. The lowest BCUT2D eigenvalue weighted by molar-refractivity contribution is -0.128. The van der Waals surface area contributed by atoms with Gasteiger partial charge in [-0.3, -0.25) is 4.79 Å². The second-order valence-corrected chi connectivity index (χ2v) is 3.77. The van der Waals surface area contributed by atoms with E-state index in [-0.39, 0.29) is 5.91 Å². The summed E-state index contributed by atoms with van der Waals surface area (Å²) in [5.41, 5.74) is 1.13. The molecule has 1 aromatic rings. The Balaban J connectivity index is 2.06. The maximum atomic E-state index is 11.4. The molecule has 1 aliphatic rings. The first-order valence-electron chi connectivity index (χ1n) is 5.20. The molecule has 0 bridgehead atoms. The van der Waals surface area contributed by atoms with Crippen molar-refractivity contribution in [2.45, 2.75) is 19.4 Å². The van der Waals surface area contributed by atoms with Gasteiger partial charge in [0.2, 0.25) is 5.91 Å². The summed E-state index contributed by atoms with van der Waals surface area (Å²) < 4.78 is 5.14. The van der Waals surface area contributed by atoms with Crippen molar-refractivity contribution < 1.29 is 9.53 Å². The molecule has 3 heteroatoms. The molecule has 15 heavy (non-hydrogen) atoms. The molecule has 80 valence electrons. The summed E-state index contributed by atoms with van der Waals surface area (Å²) in [6, 6.07) is 7.86. The highest BCUT2D eigenvalue weighted by atomic mass is 16.5. The summed E-state index contributed by atoms with van der Waals surface area (Å²) in [6.07, 6.45) is 1.69. The van der Waals surface area contributed by atoms with E-state index in [4.69, 9.17) is 4.74 Å². The summed E-state index contributed by atoms with van der Waals surface area (Å²) in [5, 5.41) is 0. The van der Waals surface area contributed by atoms with E-state index in [1.165, 1.54) is 0 Å². The van der Waals surface area contributed by atoms with Crippen LogP contribution in [0.1, 0.15) is 18.4 Å². The monoisotopic (exact) mass is 205 g/mol. The van der Waals surface area contributed by atoms with Gasteiger partial charge in [0.1, 0.15) is 5.75 Å². The fourth-order valence-electron chi connectivity index (χ4n) is 1.86. The van der Waals surface area contributed by atoms with E-state index in [0.717, 1.165) is 24.3 Å². The van der Waals surface area contributed by atoms with Gasteiger partial charge in [0.05, 0.1) is 7.11 Å². The molecule has 3 nitrogen and oxygen atoms in total. The van der Waals surface area contributed by atoms with Crippen molar-refractivity contribution in [1.29, 1.82) is 0 Å². The number of carbonyl (C=O) groups excluding carboxylic acids is 1. The van der Waals surface area contributed by atoms with Gasteiger partial charge >= 0.3 is 0 Å². The summed E-state index contributed by atoms with van der Waals surface area (Å²) in [5.74, 6) is 1.11. The van der Waals surface area contributed by atoms with Crippen LogP contribution in [-0.2, 0) is 11.3 Å². The molecule has 0 spiro atoms. The molecule has 2 rings (SSSR count). The molecule has 0 saturated carbocycles. The predicted molar refractivity (Wildman–Crippen MR) is 57.6 cm³/mol. The van der Waals surface area contributed by atoms with E-state index in [2.05, 4.69) is 0 Å². The number of amides is 1. The van der Waals surface area contributed by atoms with Crippen LogP contribution in [0.15, 0.2) is 24.3 Å². The first-order valence-corrected chi connectivity index (χ1v) is 5.20. The van der Waals surface area contributed by atoms with Gasteiger partial charge in [-0.15, -0.1) is 0 Å². The Morgan fingerprint density at radius 1 is 1.47 bits per heavy atom. The smallest absolute Gasteiger partial charge is 0.222 e. The third kappa shape index (κ3) is 2.29. The van der Waals surface area contributed by atoms with Gasteiger partial charge in [-0.2, -0.15) is 0 Å². The van der Waals surface area contributed by atoms with Crippen molar-refractivity contribution in [3.8, 4) is 5.75 Å². The SMILES string of the molecule is COc1cccc(CN2CCCC2=O)c1. The van der Waals surface area contributed by atoms with Crippen LogP contribution in [0.2, 0.25) is 0 Å². The van der Waals surface area contributed by atoms with Gasteiger partial charge < -0.3 is 9.64 Å². The quantitative estimate of drug-likeness (QED) is 0.753. The van der Waals surface area contributed by atoms with Crippen molar-refractivity contribution in [1.82, 2.24) is 4.90 Å². The number of ether oxygens (including phenoxy) is 1. The third-order valence-electron chi connectivity index (χ3n) is 2.68. The number of benzene rings is 1. The Hall–Kier alpha value is -1.51. The zero-order chi connectivity index (χ0) is 10.7. The van der Waals surface area contributed by atoms with Crippen molar-refractivity contribution in [2.24, 2.45) is 0 Å². The Labute approximate surface area is 89.7 Å². The molecule has 1 aliphatic heterocycles. The van der Waals surface area contributed by atoms with E-state index in [1.807, 2.05) is 29.2 Å². The van der Waals surface area contributed by atoms with Crippen LogP contribution >= 0.6 is 0 Å². The average Bonchev–Trinajstić information content (AvgIpc) is 2.65. The molecule has 0 unspecified atom stereocenters. The Kier molecular flexibility index (Phi) is 2.90. The van der Waals surface area contributed by atoms with Crippen LogP contribution in [-0.4, -0.2) is 24.5 Å². The molecule has 0 aromatic heterocycles. The molecule has 0 aliphatic carbocycles. The summed E-state index contributed by atoms with van der Waals surface area (Å²) in [4.78, 5) is 13.3. The highest BCUT2D eigenvalue weighted by molar-refractivity contribution is 5.78. The first-order chi connectivity index (χ1) is 7.29. The predicted octanol–water partition coefficient (Wildman–Crippen LogP) is 1.82. The van der Waals surface area contributed by atoms with E-state index in [1.54, 1.807) is 7.11 Å². The highest BCUT2D eigenvalue weighted by Crippen LogP contribution is 2.17. The molecule has 1 saturated heterocycles. The number of nitrogens with zero attached hydrogens (tertiary/aromatic N) is 1. The molecule has 0 radical (unpaired) electrons. The van der Waals surface area contributed by atoms with E-state index < -0.39 is 0 Å². The molecule has 1 heterocycles. The fourth-order valence-corrected chi connectivity index (χ4v) is 1.86. The standard InChI is InChI=1S/C12H15NO2/c1-15-11-5-2-4-10(8-11)9-13-7-3-6-12(13)14/h2,4-5,8H,3,6-7,9H2,1H3. The number of rotatable bonds is 3.